The van der Waals surface area contributed by atoms with Crippen molar-refractivity contribution in [1.82, 2.24) is 0 Å². The summed E-state index contributed by atoms with van der Waals surface area (Å²) in [6.45, 7) is 5.20. The van der Waals surface area contributed by atoms with E-state index in [1.165, 1.54) is 6.92 Å². The first-order chi connectivity index (χ1) is 6.37. The van der Waals surface area contributed by atoms with Crippen molar-refractivity contribution >= 4 is 5.97 Å². The van der Waals surface area contributed by atoms with Crippen LogP contribution in [-0.2, 0) is 9.53 Å². The van der Waals surface area contributed by atoms with Crippen molar-refractivity contribution in [1.29, 1.82) is 0 Å². The maximum Gasteiger partial charge on any atom is 0.306 e. The summed E-state index contributed by atoms with van der Waals surface area (Å²) in [7, 11) is 0. The number of carbonyl (C=O) groups is 1. The molecule has 0 heterocycles. The van der Waals surface area contributed by atoms with Crippen LogP contribution in [0.3, 0.4) is 0 Å². The molecule has 4 nitrogen and oxygen atoms in total. The lowest BCUT2D eigenvalue weighted by Crippen LogP contribution is -2.31. The average molecular weight is 204 g/mol. The third-order valence-corrected chi connectivity index (χ3v) is 1.82. The number of hydrogen-bond donors (Lipinski definition) is 2. The standard InChI is InChI=1S/C10H20O4/c1-8(2)6-9(12)14-5-4-10(3,13)7-11/h8,11,13H,4-7H2,1-3H3. The van der Waals surface area contributed by atoms with Crippen molar-refractivity contribution < 1.29 is 19.7 Å². The quantitative estimate of drug-likeness (QED) is 0.625. The Hall–Kier alpha value is -0.610. The van der Waals surface area contributed by atoms with Gasteiger partial charge in [-0.05, 0) is 12.8 Å². The second-order valence-electron chi connectivity index (χ2n) is 4.22. The van der Waals surface area contributed by atoms with Crippen LogP contribution in [0.1, 0.15) is 33.6 Å². The van der Waals surface area contributed by atoms with E-state index < -0.39 is 5.60 Å². The van der Waals surface area contributed by atoms with Gasteiger partial charge >= 0.3 is 5.97 Å². The predicted molar refractivity (Wildman–Crippen MR) is 52.7 cm³/mol. The number of esters is 1. The molecule has 0 bridgehead atoms. The summed E-state index contributed by atoms with van der Waals surface area (Å²) in [6.07, 6.45) is 0.647. The van der Waals surface area contributed by atoms with Gasteiger partial charge in [-0.2, -0.15) is 0 Å². The van der Waals surface area contributed by atoms with Gasteiger partial charge in [-0.15, -0.1) is 0 Å². The molecule has 1 atom stereocenters. The molecular weight excluding hydrogens is 184 g/mol. The molecule has 1 unspecified atom stereocenters. The zero-order valence-electron chi connectivity index (χ0n) is 9.12. The zero-order chi connectivity index (χ0) is 11.2. The molecule has 14 heavy (non-hydrogen) atoms. The monoisotopic (exact) mass is 204 g/mol. The van der Waals surface area contributed by atoms with Crippen molar-refractivity contribution in [3.63, 3.8) is 0 Å². The average Bonchev–Trinajstić information content (AvgIpc) is 2.02. The fourth-order valence-corrected chi connectivity index (χ4v) is 0.856. The molecule has 0 radical (unpaired) electrons. The van der Waals surface area contributed by atoms with Gasteiger partial charge < -0.3 is 14.9 Å². The number of ether oxygens (including phenoxy) is 1. The third kappa shape index (κ3) is 6.86. The van der Waals surface area contributed by atoms with Crippen LogP contribution in [0.2, 0.25) is 0 Å². The van der Waals surface area contributed by atoms with Gasteiger partial charge in [0.05, 0.1) is 18.8 Å². The number of aliphatic hydroxyl groups excluding tert-OH is 1. The van der Waals surface area contributed by atoms with Crippen LogP contribution >= 0.6 is 0 Å². The summed E-state index contributed by atoms with van der Waals surface area (Å²) in [6, 6.07) is 0. The van der Waals surface area contributed by atoms with E-state index in [1.54, 1.807) is 0 Å². The molecular formula is C10H20O4. The van der Waals surface area contributed by atoms with Crippen molar-refractivity contribution in [2.24, 2.45) is 5.92 Å². The van der Waals surface area contributed by atoms with Gasteiger partial charge in [-0.3, -0.25) is 4.79 Å². The molecule has 0 saturated heterocycles. The highest BCUT2D eigenvalue weighted by Crippen LogP contribution is 2.08. The predicted octanol–water partition coefficient (Wildman–Crippen LogP) is 0.709. The highest BCUT2D eigenvalue weighted by Gasteiger charge is 2.19. The Morgan fingerprint density at radius 3 is 2.50 bits per heavy atom. The summed E-state index contributed by atoms with van der Waals surface area (Å²) in [5.41, 5.74) is -1.15. The van der Waals surface area contributed by atoms with Gasteiger partial charge in [0, 0.05) is 12.8 Å². The fourth-order valence-electron chi connectivity index (χ4n) is 0.856. The Kier molecular flexibility index (Phi) is 5.72. The summed E-state index contributed by atoms with van der Waals surface area (Å²) < 4.78 is 4.88. The molecule has 84 valence electrons. The maximum atomic E-state index is 11.1. The van der Waals surface area contributed by atoms with E-state index >= 15 is 0 Å². The van der Waals surface area contributed by atoms with Crippen LogP contribution in [0.25, 0.3) is 0 Å². The molecule has 4 heteroatoms. The molecule has 0 aromatic rings. The number of aliphatic hydroxyl groups is 2. The topological polar surface area (TPSA) is 66.8 Å². The van der Waals surface area contributed by atoms with E-state index in [0.29, 0.717) is 6.42 Å². The Balaban J connectivity index is 3.59. The largest absolute Gasteiger partial charge is 0.466 e. The second kappa shape index (κ2) is 5.98. The lowest BCUT2D eigenvalue weighted by molar-refractivity contribution is -0.146. The van der Waals surface area contributed by atoms with Gasteiger partial charge in [0.2, 0.25) is 0 Å². The van der Waals surface area contributed by atoms with E-state index in [2.05, 4.69) is 0 Å². The second-order valence-corrected chi connectivity index (χ2v) is 4.22. The lowest BCUT2D eigenvalue weighted by Gasteiger charge is -2.19. The van der Waals surface area contributed by atoms with E-state index in [-0.39, 0.29) is 31.5 Å². The Labute approximate surface area is 84.9 Å². The minimum Gasteiger partial charge on any atom is -0.466 e. The molecule has 2 N–H and O–H groups in total. The van der Waals surface area contributed by atoms with Crippen molar-refractivity contribution in [3.8, 4) is 0 Å². The van der Waals surface area contributed by atoms with Crippen LogP contribution in [0, 0.1) is 5.92 Å². The van der Waals surface area contributed by atoms with E-state index in [1.807, 2.05) is 13.8 Å². The third-order valence-electron chi connectivity index (χ3n) is 1.82. The van der Waals surface area contributed by atoms with Crippen molar-refractivity contribution in [2.45, 2.75) is 39.2 Å². The molecule has 0 aromatic heterocycles. The van der Waals surface area contributed by atoms with E-state index in [9.17, 15) is 9.90 Å². The SMILES string of the molecule is CC(C)CC(=O)OCCC(C)(O)CO. The minimum atomic E-state index is -1.15. The van der Waals surface area contributed by atoms with Gasteiger partial charge in [-0.25, -0.2) is 0 Å². The van der Waals surface area contributed by atoms with Crippen LogP contribution in [0.5, 0.6) is 0 Å². The maximum absolute atomic E-state index is 11.1. The minimum absolute atomic E-state index is 0.152. The Morgan fingerprint density at radius 1 is 1.50 bits per heavy atom. The molecule has 0 aromatic carbocycles. The normalized spacial score (nSPS) is 15.3. The van der Waals surface area contributed by atoms with Gasteiger partial charge in [-0.1, -0.05) is 13.8 Å². The van der Waals surface area contributed by atoms with Crippen LogP contribution in [-0.4, -0.2) is 35.0 Å². The van der Waals surface area contributed by atoms with Crippen molar-refractivity contribution in [2.75, 3.05) is 13.2 Å². The summed E-state index contributed by atoms with van der Waals surface area (Å²) in [5.74, 6) is 0.0228. The van der Waals surface area contributed by atoms with Crippen molar-refractivity contribution in [3.05, 3.63) is 0 Å². The summed E-state index contributed by atoms with van der Waals surface area (Å²) in [4.78, 5) is 11.1. The first-order valence-electron chi connectivity index (χ1n) is 4.86. The molecule has 0 aliphatic carbocycles. The zero-order valence-corrected chi connectivity index (χ0v) is 9.12. The van der Waals surface area contributed by atoms with E-state index in [4.69, 9.17) is 9.84 Å². The Bertz CT molecular complexity index is 175. The smallest absolute Gasteiger partial charge is 0.306 e. The molecule has 0 amide bonds. The molecule has 0 spiro atoms. The van der Waals surface area contributed by atoms with Crippen LogP contribution in [0.4, 0.5) is 0 Å². The van der Waals surface area contributed by atoms with Gasteiger partial charge in [0.25, 0.3) is 0 Å². The number of carbonyl (C=O) groups excluding carboxylic acids is 1. The van der Waals surface area contributed by atoms with E-state index in [0.717, 1.165) is 0 Å². The first kappa shape index (κ1) is 13.4. The lowest BCUT2D eigenvalue weighted by atomic mass is 10.1. The Morgan fingerprint density at radius 2 is 2.07 bits per heavy atom. The number of rotatable bonds is 6. The highest BCUT2D eigenvalue weighted by molar-refractivity contribution is 5.69. The van der Waals surface area contributed by atoms with Gasteiger partial charge in [0.15, 0.2) is 0 Å². The van der Waals surface area contributed by atoms with Gasteiger partial charge in [0.1, 0.15) is 0 Å². The molecule has 0 aliphatic heterocycles. The highest BCUT2D eigenvalue weighted by atomic mass is 16.5. The molecule has 0 fully saturated rings. The van der Waals surface area contributed by atoms with Crippen LogP contribution < -0.4 is 0 Å². The number of hydrogen-bond acceptors (Lipinski definition) is 4. The summed E-state index contributed by atoms with van der Waals surface area (Å²) in [5, 5.41) is 18.1. The molecule has 0 rings (SSSR count). The first-order valence-corrected chi connectivity index (χ1v) is 4.86. The fraction of sp³-hybridized carbons (Fsp3) is 0.900. The summed E-state index contributed by atoms with van der Waals surface area (Å²) >= 11 is 0. The molecule has 0 aliphatic rings. The molecule has 0 saturated carbocycles. The van der Waals surface area contributed by atoms with Crippen LogP contribution in [0.15, 0.2) is 0 Å².